The summed E-state index contributed by atoms with van der Waals surface area (Å²) in [6.07, 6.45) is 8.65. The molecule has 1 atom stereocenters. The van der Waals surface area contributed by atoms with Gasteiger partial charge in [0.1, 0.15) is 18.4 Å². The van der Waals surface area contributed by atoms with Crippen LogP contribution < -0.4 is 10.1 Å². The molecular formula is C17H21N3O2. The van der Waals surface area contributed by atoms with Gasteiger partial charge in [0.15, 0.2) is 0 Å². The minimum absolute atomic E-state index is 0.0319. The van der Waals surface area contributed by atoms with E-state index in [0.29, 0.717) is 13.2 Å². The Balaban J connectivity index is 1.43. The minimum Gasteiger partial charge on any atom is -0.492 e. The molecule has 5 heteroatoms. The number of benzene rings is 1. The van der Waals surface area contributed by atoms with Crippen molar-refractivity contribution in [3.05, 3.63) is 48.0 Å². The zero-order valence-electron chi connectivity index (χ0n) is 12.8. The van der Waals surface area contributed by atoms with Crippen LogP contribution in [0.25, 0.3) is 0 Å². The molecule has 1 aromatic heterocycles. The summed E-state index contributed by atoms with van der Waals surface area (Å²) in [6, 6.07) is 6.03. The van der Waals surface area contributed by atoms with Crippen molar-refractivity contribution in [1.29, 1.82) is 0 Å². The van der Waals surface area contributed by atoms with Crippen LogP contribution in [-0.2, 0) is 17.6 Å². The number of rotatable bonds is 6. The normalized spacial score (nSPS) is 14.4. The first kappa shape index (κ1) is 14.6. The lowest BCUT2D eigenvalue weighted by atomic mass is 10.1. The third kappa shape index (κ3) is 3.30. The van der Waals surface area contributed by atoms with E-state index in [2.05, 4.69) is 22.4 Å². The van der Waals surface area contributed by atoms with E-state index < -0.39 is 0 Å². The van der Waals surface area contributed by atoms with Crippen LogP contribution in [0.15, 0.2) is 36.9 Å². The van der Waals surface area contributed by atoms with Crippen LogP contribution in [0.5, 0.6) is 5.75 Å². The predicted molar refractivity (Wildman–Crippen MR) is 83.9 cm³/mol. The molecule has 1 aromatic carbocycles. The van der Waals surface area contributed by atoms with Crippen LogP contribution in [0.2, 0.25) is 0 Å². The molecule has 116 valence electrons. The largest absolute Gasteiger partial charge is 0.492 e. The van der Waals surface area contributed by atoms with E-state index in [1.54, 1.807) is 23.3 Å². The fourth-order valence-corrected chi connectivity index (χ4v) is 2.76. The van der Waals surface area contributed by atoms with Gasteiger partial charge < -0.3 is 14.6 Å². The second-order valence-electron chi connectivity index (χ2n) is 5.61. The van der Waals surface area contributed by atoms with Gasteiger partial charge in [-0.2, -0.15) is 0 Å². The van der Waals surface area contributed by atoms with Gasteiger partial charge in [0.25, 0.3) is 0 Å². The summed E-state index contributed by atoms with van der Waals surface area (Å²) in [5, 5.41) is 2.88. The molecule has 1 aliphatic rings. The topological polar surface area (TPSA) is 56.1 Å². The van der Waals surface area contributed by atoms with E-state index in [-0.39, 0.29) is 11.9 Å². The second kappa shape index (κ2) is 6.64. The first-order valence-corrected chi connectivity index (χ1v) is 7.74. The molecule has 2 aromatic rings. The number of nitrogens with one attached hydrogen (secondary N) is 1. The van der Waals surface area contributed by atoms with E-state index >= 15 is 0 Å². The summed E-state index contributed by atoms with van der Waals surface area (Å²) in [4.78, 5) is 15.9. The highest BCUT2D eigenvalue weighted by molar-refractivity contribution is 5.79. The van der Waals surface area contributed by atoms with E-state index in [4.69, 9.17) is 4.74 Å². The van der Waals surface area contributed by atoms with Gasteiger partial charge >= 0.3 is 0 Å². The van der Waals surface area contributed by atoms with Gasteiger partial charge in [-0.25, -0.2) is 4.98 Å². The number of nitrogens with zero attached hydrogens (tertiary/aromatic N) is 2. The van der Waals surface area contributed by atoms with Gasteiger partial charge in [-0.3, -0.25) is 4.79 Å². The van der Waals surface area contributed by atoms with Gasteiger partial charge in [0.2, 0.25) is 5.91 Å². The lowest BCUT2D eigenvalue weighted by Crippen LogP contribution is -2.33. The number of imidazole rings is 1. The molecule has 0 saturated heterocycles. The summed E-state index contributed by atoms with van der Waals surface area (Å²) >= 11 is 0. The maximum atomic E-state index is 12.0. The van der Waals surface area contributed by atoms with Crippen molar-refractivity contribution in [3.8, 4) is 5.75 Å². The first-order chi connectivity index (χ1) is 10.7. The van der Waals surface area contributed by atoms with Crippen LogP contribution in [0.4, 0.5) is 0 Å². The number of amides is 1. The summed E-state index contributed by atoms with van der Waals surface area (Å²) in [7, 11) is 0. The molecule has 0 bridgehead atoms. The molecular weight excluding hydrogens is 278 g/mol. The van der Waals surface area contributed by atoms with Crippen LogP contribution >= 0.6 is 0 Å². The standard InChI is InChI=1S/C17H21N3O2/c1-13(20-9-7-18-12-20)17(21)19-8-10-22-16-6-5-14-3-2-4-15(14)11-16/h5-7,9,11-13H,2-4,8,10H2,1H3,(H,19,21)/t13-/m1/s1. The molecule has 3 rings (SSSR count). The summed E-state index contributed by atoms with van der Waals surface area (Å²) in [6.45, 7) is 2.81. The smallest absolute Gasteiger partial charge is 0.242 e. The number of fused-ring (bicyclic) bond motifs is 1. The van der Waals surface area contributed by atoms with Gasteiger partial charge in [-0.1, -0.05) is 6.07 Å². The Morgan fingerprint density at radius 3 is 3.09 bits per heavy atom. The van der Waals surface area contributed by atoms with Crippen LogP contribution in [0.1, 0.15) is 30.5 Å². The van der Waals surface area contributed by atoms with Crippen molar-refractivity contribution in [2.45, 2.75) is 32.2 Å². The number of aryl methyl sites for hydroxylation is 2. The van der Waals surface area contributed by atoms with Crippen molar-refractivity contribution in [2.75, 3.05) is 13.2 Å². The molecule has 1 N–H and O–H groups in total. The highest BCUT2D eigenvalue weighted by Gasteiger charge is 2.14. The van der Waals surface area contributed by atoms with E-state index in [1.807, 2.05) is 13.0 Å². The van der Waals surface area contributed by atoms with E-state index in [1.165, 1.54) is 24.0 Å². The van der Waals surface area contributed by atoms with Crippen molar-refractivity contribution in [2.24, 2.45) is 0 Å². The maximum absolute atomic E-state index is 12.0. The summed E-state index contributed by atoms with van der Waals surface area (Å²) in [5.41, 5.74) is 2.84. The second-order valence-corrected chi connectivity index (χ2v) is 5.61. The lowest BCUT2D eigenvalue weighted by molar-refractivity contribution is -0.123. The van der Waals surface area contributed by atoms with Gasteiger partial charge in [0.05, 0.1) is 12.9 Å². The lowest BCUT2D eigenvalue weighted by Gasteiger charge is -2.14. The van der Waals surface area contributed by atoms with Gasteiger partial charge in [-0.15, -0.1) is 0 Å². The van der Waals surface area contributed by atoms with Crippen molar-refractivity contribution < 1.29 is 9.53 Å². The minimum atomic E-state index is -0.262. The molecule has 0 aliphatic heterocycles. The number of ether oxygens (including phenoxy) is 1. The Labute approximate surface area is 130 Å². The van der Waals surface area contributed by atoms with E-state index in [0.717, 1.165) is 12.2 Å². The molecule has 1 heterocycles. The number of hydrogen-bond donors (Lipinski definition) is 1. The Hall–Kier alpha value is -2.30. The molecule has 0 unspecified atom stereocenters. The van der Waals surface area contributed by atoms with Crippen LogP contribution in [0, 0.1) is 0 Å². The van der Waals surface area contributed by atoms with Crippen LogP contribution in [-0.4, -0.2) is 28.6 Å². The molecule has 0 saturated carbocycles. The molecule has 1 amide bonds. The SMILES string of the molecule is C[C@H](C(=O)NCCOc1ccc2c(c1)CCC2)n1ccnc1. The molecule has 22 heavy (non-hydrogen) atoms. The zero-order valence-corrected chi connectivity index (χ0v) is 12.8. The number of carbonyl (C=O) groups is 1. The monoisotopic (exact) mass is 299 g/mol. The van der Waals surface area contributed by atoms with Gasteiger partial charge in [-0.05, 0) is 49.4 Å². The Morgan fingerprint density at radius 1 is 1.41 bits per heavy atom. The average molecular weight is 299 g/mol. The number of carbonyl (C=O) groups excluding carboxylic acids is 1. The molecule has 0 fully saturated rings. The third-order valence-electron chi connectivity index (χ3n) is 4.09. The van der Waals surface area contributed by atoms with Gasteiger partial charge in [0, 0.05) is 12.4 Å². The van der Waals surface area contributed by atoms with Crippen molar-refractivity contribution in [1.82, 2.24) is 14.9 Å². The fraction of sp³-hybridized carbons (Fsp3) is 0.412. The molecule has 0 spiro atoms. The Kier molecular flexibility index (Phi) is 4.42. The third-order valence-corrected chi connectivity index (χ3v) is 4.09. The van der Waals surface area contributed by atoms with Crippen molar-refractivity contribution in [3.63, 3.8) is 0 Å². The fourth-order valence-electron chi connectivity index (χ4n) is 2.76. The highest BCUT2D eigenvalue weighted by Crippen LogP contribution is 2.25. The zero-order chi connectivity index (χ0) is 15.4. The van der Waals surface area contributed by atoms with E-state index in [9.17, 15) is 4.79 Å². The molecule has 5 nitrogen and oxygen atoms in total. The number of hydrogen-bond acceptors (Lipinski definition) is 3. The summed E-state index contributed by atoms with van der Waals surface area (Å²) in [5.74, 6) is 0.855. The van der Waals surface area contributed by atoms with Crippen molar-refractivity contribution >= 4 is 5.91 Å². The summed E-state index contributed by atoms with van der Waals surface area (Å²) < 4.78 is 7.49. The maximum Gasteiger partial charge on any atom is 0.242 e. The Bertz CT molecular complexity index is 637. The highest BCUT2D eigenvalue weighted by atomic mass is 16.5. The molecule has 0 radical (unpaired) electrons. The average Bonchev–Trinajstić information content (AvgIpc) is 3.20. The first-order valence-electron chi connectivity index (χ1n) is 7.74. The number of aromatic nitrogens is 2. The molecule has 1 aliphatic carbocycles. The van der Waals surface area contributed by atoms with Crippen LogP contribution in [0.3, 0.4) is 0 Å². The Morgan fingerprint density at radius 2 is 2.27 bits per heavy atom. The predicted octanol–water partition coefficient (Wildman–Crippen LogP) is 2.13. The quantitative estimate of drug-likeness (QED) is 0.831.